The Balaban J connectivity index is 1.71. The van der Waals surface area contributed by atoms with Gasteiger partial charge in [-0.05, 0) is 70.1 Å². The quantitative estimate of drug-likeness (QED) is 0.503. The predicted octanol–water partition coefficient (Wildman–Crippen LogP) is 2.34. The van der Waals surface area contributed by atoms with Crippen LogP contribution >= 0.6 is 12.6 Å². The first-order valence-corrected chi connectivity index (χ1v) is 10.6. The first kappa shape index (κ1) is 19.0. The lowest BCUT2D eigenvalue weighted by atomic mass is 9.75. The van der Waals surface area contributed by atoms with Gasteiger partial charge in [0.2, 0.25) is 0 Å². The predicted molar refractivity (Wildman–Crippen MR) is 103 cm³/mol. The zero-order valence-electron chi connectivity index (χ0n) is 15.5. The van der Waals surface area contributed by atoms with Crippen molar-refractivity contribution < 1.29 is 5.11 Å². The van der Waals surface area contributed by atoms with E-state index in [1.165, 1.54) is 25.7 Å². The molecule has 3 aliphatic rings. The summed E-state index contributed by atoms with van der Waals surface area (Å²) in [5.41, 5.74) is 0. The molecule has 4 nitrogen and oxygen atoms in total. The molecule has 0 amide bonds. The van der Waals surface area contributed by atoms with Gasteiger partial charge in [0.25, 0.3) is 0 Å². The van der Waals surface area contributed by atoms with Crippen molar-refractivity contribution in [2.45, 2.75) is 88.9 Å². The standard InChI is InChI=1S/C19H37N3OS/c1-11-4-6-14(7-5-11)22-19-17(12(2)20-10-21-19)18-15(13(3)23)8-9-16(18)24/h11-24H,4-10H2,1-3H3. The van der Waals surface area contributed by atoms with E-state index >= 15 is 0 Å². The van der Waals surface area contributed by atoms with E-state index in [0.717, 1.165) is 25.4 Å². The van der Waals surface area contributed by atoms with Crippen molar-refractivity contribution in [3.05, 3.63) is 0 Å². The summed E-state index contributed by atoms with van der Waals surface area (Å²) >= 11 is 4.92. The number of hydrogen-bond donors (Lipinski definition) is 5. The van der Waals surface area contributed by atoms with Crippen LogP contribution in [-0.4, -0.2) is 41.4 Å². The van der Waals surface area contributed by atoms with Crippen molar-refractivity contribution in [1.82, 2.24) is 16.0 Å². The topological polar surface area (TPSA) is 56.3 Å². The van der Waals surface area contributed by atoms with Crippen molar-refractivity contribution in [2.75, 3.05) is 6.67 Å². The number of hydrogen-bond acceptors (Lipinski definition) is 5. The second-order valence-corrected chi connectivity index (χ2v) is 9.34. The average molecular weight is 356 g/mol. The van der Waals surface area contributed by atoms with Crippen LogP contribution in [0.2, 0.25) is 0 Å². The van der Waals surface area contributed by atoms with Crippen LogP contribution in [0.3, 0.4) is 0 Å². The van der Waals surface area contributed by atoms with E-state index < -0.39 is 0 Å². The van der Waals surface area contributed by atoms with Crippen LogP contribution < -0.4 is 16.0 Å². The molecule has 0 aromatic heterocycles. The molecule has 140 valence electrons. The van der Waals surface area contributed by atoms with Crippen LogP contribution in [0.4, 0.5) is 0 Å². The highest BCUT2D eigenvalue weighted by atomic mass is 32.1. The summed E-state index contributed by atoms with van der Waals surface area (Å²) in [6, 6.07) is 1.08. The monoisotopic (exact) mass is 355 g/mol. The van der Waals surface area contributed by atoms with E-state index in [2.05, 4.69) is 29.8 Å². The molecule has 4 N–H and O–H groups in total. The van der Waals surface area contributed by atoms with Gasteiger partial charge in [-0.1, -0.05) is 6.92 Å². The van der Waals surface area contributed by atoms with Crippen LogP contribution in [-0.2, 0) is 0 Å². The first-order chi connectivity index (χ1) is 11.5. The molecule has 3 rings (SSSR count). The molecular formula is C19H37N3OS. The summed E-state index contributed by atoms with van der Waals surface area (Å²) in [5.74, 6) is 2.19. The Kier molecular flexibility index (Phi) is 6.52. The molecule has 2 saturated carbocycles. The fourth-order valence-electron chi connectivity index (χ4n) is 5.44. The second kappa shape index (κ2) is 8.26. The Morgan fingerprint density at radius 1 is 1.00 bits per heavy atom. The SMILES string of the molecule is CC1CCC(NC2NCNC(C)C2C2C(S)CCC2C(C)O)CC1. The van der Waals surface area contributed by atoms with Crippen LogP contribution in [0, 0.1) is 23.7 Å². The Hall–Kier alpha value is 0.190. The van der Waals surface area contributed by atoms with Crippen LogP contribution in [0.15, 0.2) is 0 Å². The van der Waals surface area contributed by atoms with E-state index in [4.69, 9.17) is 12.6 Å². The Morgan fingerprint density at radius 2 is 1.71 bits per heavy atom. The molecule has 0 aromatic carbocycles. The lowest BCUT2D eigenvalue weighted by molar-refractivity contribution is 0.0401. The van der Waals surface area contributed by atoms with Crippen molar-refractivity contribution in [3.63, 3.8) is 0 Å². The minimum atomic E-state index is -0.238. The summed E-state index contributed by atoms with van der Waals surface area (Å²) in [6.07, 6.45) is 7.60. The summed E-state index contributed by atoms with van der Waals surface area (Å²) in [7, 11) is 0. The molecule has 1 aliphatic heterocycles. The molecule has 3 fully saturated rings. The summed E-state index contributed by atoms with van der Waals surface area (Å²) in [6.45, 7) is 7.51. The average Bonchev–Trinajstić information content (AvgIpc) is 2.92. The van der Waals surface area contributed by atoms with Gasteiger partial charge >= 0.3 is 0 Å². The second-order valence-electron chi connectivity index (χ2n) is 8.68. The van der Waals surface area contributed by atoms with Gasteiger partial charge in [0.05, 0.1) is 12.3 Å². The van der Waals surface area contributed by atoms with Crippen LogP contribution in [0.25, 0.3) is 0 Å². The minimum absolute atomic E-state index is 0.238. The van der Waals surface area contributed by atoms with Crippen LogP contribution in [0.5, 0.6) is 0 Å². The fourth-order valence-corrected chi connectivity index (χ4v) is 6.00. The number of aliphatic hydroxyl groups is 1. The molecule has 7 unspecified atom stereocenters. The highest BCUT2D eigenvalue weighted by Gasteiger charge is 2.47. The zero-order chi connectivity index (χ0) is 17.3. The smallest absolute Gasteiger partial charge is 0.0630 e. The summed E-state index contributed by atoms with van der Waals surface area (Å²) in [4.78, 5) is 0. The highest BCUT2D eigenvalue weighted by molar-refractivity contribution is 7.81. The van der Waals surface area contributed by atoms with Crippen molar-refractivity contribution in [3.8, 4) is 0 Å². The molecule has 2 aliphatic carbocycles. The third-order valence-electron chi connectivity index (χ3n) is 6.94. The Labute approximate surface area is 153 Å². The maximum absolute atomic E-state index is 10.3. The van der Waals surface area contributed by atoms with E-state index in [1.807, 2.05) is 6.92 Å². The Morgan fingerprint density at radius 3 is 2.38 bits per heavy atom. The van der Waals surface area contributed by atoms with Gasteiger partial charge in [-0.15, -0.1) is 0 Å². The van der Waals surface area contributed by atoms with Gasteiger partial charge in [0, 0.05) is 29.9 Å². The number of thiol groups is 1. The lowest BCUT2D eigenvalue weighted by Gasteiger charge is -2.47. The lowest BCUT2D eigenvalue weighted by Crippen LogP contribution is -2.66. The fraction of sp³-hybridized carbons (Fsp3) is 1.00. The maximum Gasteiger partial charge on any atom is 0.0630 e. The molecule has 7 atom stereocenters. The molecule has 0 radical (unpaired) electrons. The Bertz CT molecular complexity index is 400. The van der Waals surface area contributed by atoms with Gasteiger partial charge in [-0.25, -0.2) is 0 Å². The minimum Gasteiger partial charge on any atom is -0.393 e. The van der Waals surface area contributed by atoms with Gasteiger partial charge in [-0.3, -0.25) is 10.6 Å². The highest BCUT2D eigenvalue weighted by Crippen LogP contribution is 2.44. The number of nitrogens with one attached hydrogen (secondary N) is 3. The summed E-state index contributed by atoms with van der Waals surface area (Å²) < 4.78 is 0. The first-order valence-electron chi connectivity index (χ1n) is 10.1. The molecule has 0 bridgehead atoms. The van der Waals surface area contributed by atoms with Gasteiger partial charge in [0.1, 0.15) is 0 Å². The van der Waals surface area contributed by atoms with E-state index in [9.17, 15) is 5.11 Å². The normalized spacial score (nSPS) is 48.4. The molecule has 0 aromatic rings. The molecular weight excluding hydrogens is 318 g/mol. The van der Waals surface area contributed by atoms with Gasteiger partial charge in [-0.2, -0.15) is 12.6 Å². The van der Waals surface area contributed by atoms with E-state index in [0.29, 0.717) is 41.3 Å². The number of rotatable bonds is 4. The van der Waals surface area contributed by atoms with Gasteiger partial charge < -0.3 is 10.4 Å². The molecule has 5 heteroatoms. The van der Waals surface area contributed by atoms with Crippen LogP contribution in [0.1, 0.15) is 59.3 Å². The van der Waals surface area contributed by atoms with Crippen molar-refractivity contribution in [2.24, 2.45) is 23.7 Å². The molecule has 24 heavy (non-hydrogen) atoms. The molecule has 1 heterocycles. The van der Waals surface area contributed by atoms with Gasteiger partial charge in [0.15, 0.2) is 0 Å². The van der Waals surface area contributed by atoms with E-state index in [1.54, 1.807) is 0 Å². The van der Waals surface area contributed by atoms with Crippen molar-refractivity contribution >= 4 is 12.6 Å². The summed E-state index contributed by atoms with van der Waals surface area (Å²) in [5, 5.41) is 21.9. The zero-order valence-corrected chi connectivity index (χ0v) is 16.4. The number of aliphatic hydroxyl groups excluding tert-OH is 1. The molecule has 0 spiro atoms. The third kappa shape index (κ3) is 4.12. The molecule has 1 saturated heterocycles. The van der Waals surface area contributed by atoms with Crippen molar-refractivity contribution in [1.29, 1.82) is 0 Å². The van der Waals surface area contributed by atoms with E-state index in [-0.39, 0.29) is 6.10 Å². The third-order valence-corrected chi connectivity index (χ3v) is 7.54. The largest absolute Gasteiger partial charge is 0.393 e. The maximum atomic E-state index is 10.3.